The maximum absolute atomic E-state index is 12.0. The summed E-state index contributed by atoms with van der Waals surface area (Å²) in [6.07, 6.45) is 2.09. The van der Waals surface area contributed by atoms with E-state index in [-0.39, 0.29) is 18.1 Å². The van der Waals surface area contributed by atoms with Crippen LogP contribution in [-0.2, 0) is 4.79 Å². The van der Waals surface area contributed by atoms with Gasteiger partial charge in [0.25, 0.3) is 5.69 Å². The predicted octanol–water partition coefficient (Wildman–Crippen LogP) is 2.27. The van der Waals surface area contributed by atoms with Gasteiger partial charge in [-0.05, 0) is 24.8 Å². The zero-order valence-electron chi connectivity index (χ0n) is 11.5. The highest BCUT2D eigenvalue weighted by atomic mass is 16.6. The molecule has 0 saturated carbocycles. The van der Waals surface area contributed by atoms with Crippen molar-refractivity contribution in [3.8, 4) is 0 Å². The molecule has 0 bridgehead atoms. The van der Waals surface area contributed by atoms with E-state index >= 15 is 0 Å². The van der Waals surface area contributed by atoms with Gasteiger partial charge in [-0.3, -0.25) is 14.9 Å². The number of nitro benzene ring substituents is 1. The Labute approximate surface area is 117 Å². The van der Waals surface area contributed by atoms with E-state index in [1.165, 1.54) is 12.1 Å². The molecular weight excluding hydrogens is 258 g/mol. The van der Waals surface area contributed by atoms with Crippen LogP contribution in [0.3, 0.4) is 0 Å². The summed E-state index contributed by atoms with van der Waals surface area (Å²) in [5.74, 6) is 0.729. The van der Waals surface area contributed by atoms with Gasteiger partial charge in [-0.2, -0.15) is 0 Å². The lowest BCUT2D eigenvalue weighted by molar-refractivity contribution is -0.384. The van der Waals surface area contributed by atoms with E-state index in [1.54, 1.807) is 12.1 Å². The van der Waals surface area contributed by atoms with Gasteiger partial charge in [0.05, 0.1) is 11.5 Å². The number of anilines is 1. The number of carbonyl (C=O) groups excluding carboxylic acids is 1. The van der Waals surface area contributed by atoms with Crippen LogP contribution in [0, 0.1) is 16.0 Å². The van der Waals surface area contributed by atoms with Crippen molar-refractivity contribution in [2.45, 2.75) is 19.8 Å². The third-order valence-electron chi connectivity index (χ3n) is 3.64. The van der Waals surface area contributed by atoms with Gasteiger partial charge < -0.3 is 10.2 Å². The Bertz CT molecular complexity index is 496. The summed E-state index contributed by atoms with van der Waals surface area (Å²) in [5, 5.41) is 13.6. The smallest absolute Gasteiger partial charge is 0.271 e. The van der Waals surface area contributed by atoms with Crippen molar-refractivity contribution in [2.75, 3.05) is 25.0 Å². The maximum Gasteiger partial charge on any atom is 0.271 e. The molecule has 1 saturated heterocycles. The van der Waals surface area contributed by atoms with E-state index in [0.29, 0.717) is 11.6 Å². The number of hydrogen-bond donors (Lipinski definition) is 1. The van der Waals surface area contributed by atoms with Crippen LogP contribution < -0.4 is 5.32 Å². The summed E-state index contributed by atoms with van der Waals surface area (Å²) < 4.78 is 0. The lowest BCUT2D eigenvalue weighted by atomic mass is 9.99. The van der Waals surface area contributed by atoms with Gasteiger partial charge in [0.1, 0.15) is 0 Å². The van der Waals surface area contributed by atoms with Crippen LogP contribution in [-0.4, -0.2) is 35.4 Å². The van der Waals surface area contributed by atoms with E-state index < -0.39 is 4.92 Å². The third-order valence-corrected chi connectivity index (χ3v) is 3.64. The molecule has 6 heteroatoms. The molecule has 1 aromatic rings. The molecule has 1 aromatic carbocycles. The molecule has 1 amide bonds. The van der Waals surface area contributed by atoms with Gasteiger partial charge in [-0.15, -0.1) is 0 Å². The zero-order chi connectivity index (χ0) is 14.5. The predicted molar refractivity (Wildman–Crippen MR) is 76.6 cm³/mol. The number of nitrogens with zero attached hydrogens (tertiary/aromatic N) is 2. The van der Waals surface area contributed by atoms with Crippen LogP contribution in [0.1, 0.15) is 19.8 Å². The summed E-state index contributed by atoms with van der Waals surface area (Å²) in [5.41, 5.74) is 0.618. The second kappa shape index (κ2) is 6.36. The summed E-state index contributed by atoms with van der Waals surface area (Å²) >= 11 is 0. The fraction of sp³-hybridized carbons (Fsp3) is 0.500. The van der Waals surface area contributed by atoms with Gasteiger partial charge in [0.15, 0.2) is 0 Å². The second-order valence-electron chi connectivity index (χ2n) is 5.22. The lowest BCUT2D eigenvalue weighted by Crippen LogP contribution is -2.40. The minimum atomic E-state index is -0.445. The van der Waals surface area contributed by atoms with E-state index in [4.69, 9.17) is 0 Å². The standard InChI is InChI=1S/C14H19N3O3/c1-11-5-7-16(8-6-11)14(18)10-15-12-3-2-4-13(9-12)17(19)20/h2-4,9,11,15H,5-8,10H2,1H3. The fourth-order valence-corrected chi connectivity index (χ4v) is 2.28. The summed E-state index contributed by atoms with van der Waals surface area (Å²) in [7, 11) is 0. The SMILES string of the molecule is CC1CCN(C(=O)CNc2cccc([N+](=O)[O-])c2)CC1. The van der Waals surface area contributed by atoms with E-state index in [0.717, 1.165) is 25.9 Å². The minimum Gasteiger partial charge on any atom is -0.376 e. The van der Waals surface area contributed by atoms with E-state index in [9.17, 15) is 14.9 Å². The number of piperidine rings is 1. The highest BCUT2D eigenvalue weighted by molar-refractivity contribution is 5.81. The van der Waals surface area contributed by atoms with Crippen molar-refractivity contribution >= 4 is 17.3 Å². The number of hydrogen-bond acceptors (Lipinski definition) is 4. The second-order valence-corrected chi connectivity index (χ2v) is 5.22. The van der Waals surface area contributed by atoms with Crippen LogP contribution in [0.25, 0.3) is 0 Å². The summed E-state index contributed by atoms with van der Waals surface area (Å²) in [4.78, 5) is 24.1. The van der Waals surface area contributed by atoms with Crippen molar-refractivity contribution in [3.05, 3.63) is 34.4 Å². The number of nitro groups is 1. The first-order valence-corrected chi connectivity index (χ1v) is 6.82. The van der Waals surface area contributed by atoms with Crippen molar-refractivity contribution in [2.24, 2.45) is 5.92 Å². The van der Waals surface area contributed by atoms with Crippen LogP contribution in [0.5, 0.6) is 0 Å². The molecule has 6 nitrogen and oxygen atoms in total. The molecule has 0 atom stereocenters. The first kappa shape index (κ1) is 14.3. The minimum absolute atomic E-state index is 0.0225. The quantitative estimate of drug-likeness (QED) is 0.676. The Balaban J connectivity index is 1.87. The first-order valence-electron chi connectivity index (χ1n) is 6.82. The monoisotopic (exact) mass is 277 g/mol. The topological polar surface area (TPSA) is 75.5 Å². The van der Waals surface area contributed by atoms with Gasteiger partial charge in [0.2, 0.25) is 5.91 Å². The molecular formula is C14H19N3O3. The number of benzene rings is 1. The maximum atomic E-state index is 12.0. The Morgan fingerprint density at radius 2 is 2.15 bits per heavy atom. The Kier molecular flexibility index (Phi) is 4.55. The fourth-order valence-electron chi connectivity index (χ4n) is 2.28. The largest absolute Gasteiger partial charge is 0.376 e. The van der Waals surface area contributed by atoms with Gasteiger partial charge >= 0.3 is 0 Å². The van der Waals surface area contributed by atoms with Crippen LogP contribution in [0.2, 0.25) is 0 Å². The van der Waals surface area contributed by atoms with Gasteiger partial charge in [-0.1, -0.05) is 13.0 Å². The number of non-ortho nitro benzene ring substituents is 1. The highest BCUT2D eigenvalue weighted by Gasteiger charge is 2.19. The average molecular weight is 277 g/mol. The summed E-state index contributed by atoms with van der Waals surface area (Å²) in [6, 6.07) is 6.19. The van der Waals surface area contributed by atoms with E-state index in [1.807, 2.05) is 4.90 Å². The molecule has 2 rings (SSSR count). The molecule has 1 aliphatic heterocycles. The molecule has 1 fully saturated rings. The number of rotatable bonds is 4. The highest BCUT2D eigenvalue weighted by Crippen LogP contribution is 2.18. The lowest BCUT2D eigenvalue weighted by Gasteiger charge is -2.30. The molecule has 20 heavy (non-hydrogen) atoms. The average Bonchev–Trinajstić information content (AvgIpc) is 2.46. The molecule has 0 spiro atoms. The van der Waals surface area contributed by atoms with E-state index in [2.05, 4.69) is 12.2 Å². The molecule has 108 valence electrons. The molecule has 0 radical (unpaired) electrons. The molecule has 0 aromatic heterocycles. The van der Waals surface area contributed by atoms with Crippen molar-refractivity contribution in [1.29, 1.82) is 0 Å². The Morgan fingerprint density at radius 3 is 2.80 bits per heavy atom. The molecule has 1 heterocycles. The number of likely N-dealkylation sites (tertiary alicyclic amines) is 1. The zero-order valence-corrected chi connectivity index (χ0v) is 11.5. The number of nitrogens with one attached hydrogen (secondary N) is 1. The molecule has 0 unspecified atom stereocenters. The van der Waals surface area contributed by atoms with Crippen LogP contribution in [0.4, 0.5) is 11.4 Å². The molecule has 0 aliphatic carbocycles. The Hall–Kier alpha value is -2.11. The summed E-state index contributed by atoms with van der Waals surface area (Å²) in [6.45, 7) is 3.98. The normalized spacial score (nSPS) is 15.9. The van der Waals surface area contributed by atoms with Gasteiger partial charge in [-0.25, -0.2) is 0 Å². The Morgan fingerprint density at radius 1 is 1.45 bits per heavy atom. The van der Waals surface area contributed by atoms with Gasteiger partial charge in [0, 0.05) is 30.9 Å². The van der Waals surface area contributed by atoms with Crippen LogP contribution >= 0.6 is 0 Å². The molecule has 1 aliphatic rings. The third kappa shape index (κ3) is 3.69. The van der Waals surface area contributed by atoms with Crippen molar-refractivity contribution < 1.29 is 9.72 Å². The number of carbonyl (C=O) groups is 1. The first-order chi connectivity index (χ1) is 9.56. The van der Waals surface area contributed by atoms with Crippen LogP contribution in [0.15, 0.2) is 24.3 Å². The van der Waals surface area contributed by atoms with Crippen molar-refractivity contribution in [1.82, 2.24) is 4.90 Å². The van der Waals surface area contributed by atoms with Crippen molar-refractivity contribution in [3.63, 3.8) is 0 Å². The number of amides is 1. The molecule has 1 N–H and O–H groups in total.